The monoisotopic (exact) mass is 391 g/mol. The summed E-state index contributed by atoms with van der Waals surface area (Å²) < 4.78 is 18.8. The lowest BCUT2D eigenvalue weighted by atomic mass is 10.1. The maximum atomic E-state index is 13.1. The molecule has 2 aromatic carbocycles. The molecule has 146 valence electrons. The first-order valence-corrected chi connectivity index (χ1v) is 9.05. The van der Waals surface area contributed by atoms with Crippen molar-refractivity contribution < 1.29 is 18.7 Å². The van der Waals surface area contributed by atoms with Gasteiger partial charge >= 0.3 is 0 Å². The molecule has 2 amide bonds. The highest BCUT2D eigenvalue weighted by Crippen LogP contribution is 2.27. The molecule has 2 heterocycles. The summed E-state index contributed by atoms with van der Waals surface area (Å²) in [6.07, 6.45) is 0. The average Bonchev–Trinajstić information content (AvgIpc) is 2.88. The second-order valence-electron chi connectivity index (χ2n) is 6.75. The molecule has 6 nitrogen and oxygen atoms in total. The number of hydrogen-bond acceptors (Lipinski definition) is 4. The topological polar surface area (TPSA) is 85.5 Å². The van der Waals surface area contributed by atoms with Gasteiger partial charge in [0.2, 0.25) is 5.91 Å². The molecule has 1 aliphatic heterocycles. The van der Waals surface area contributed by atoms with Gasteiger partial charge in [-0.05, 0) is 42.0 Å². The number of carbonyl (C=O) groups is 2. The molecule has 7 heteroatoms. The molecule has 0 radical (unpaired) electrons. The summed E-state index contributed by atoms with van der Waals surface area (Å²) in [6, 6.07) is 16.5. The van der Waals surface area contributed by atoms with Gasteiger partial charge in [0.15, 0.2) is 6.61 Å². The second-order valence-corrected chi connectivity index (χ2v) is 6.75. The number of carbonyl (C=O) groups excluding carboxylic acids is 2. The van der Waals surface area contributed by atoms with Gasteiger partial charge in [-0.3, -0.25) is 9.59 Å². The summed E-state index contributed by atoms with van der Waals surface area (Å²) >= 11 is 0. The second kappa shape index (κ2) is 7.71. The molecule has 0 unspecified atom stereocenters. The Labute approximate surface area is 166 Å². The third-order valence-electron chi connectivity index (χ3n) is 4.71. The van der Waals surface area contributed by atoms with Crippen LogP contribution in [0, 0.1) is 5.82 Å². The van der Waals surface area contributed by atoms with E-state index in [0.29, 0.717) is 29.2 Å². The van der Waals surface area contributed by atoms with E-state index in [1.165, 1.54) is 12.1 Å². The minimum absolute atomic E-state index is 0.0909. The molecule has 0 aliphatic carbocycles. The Hall–Kier alpha value is -3.74. The largest absolute Gasteiger partial charge is 0.482 e. The van der Waals surface area contributed by atoms with E-state index in [4.69, 9.17) is 10.5 Å². The predicted octanol–water partition coefficient (Wildman–Crippen LogP) is 2.91. The van der Waals surface area contributed by atoms with Crippen LogP contribution in [0.3, 0.4) is 0 Å². The van der Waals surface area contributed by atoms with E-state index in [0.717, 1.165) is 11.1 Å². The fourth-order valence-corrected chi connectivity index (χ4v) is 3.18. The van der Waals surface area contributed by atoms with Gasteiger partial charge in [-0.25, -0.2) is 9.37 Å². The van der Waals surface area contributed by atoms with Crippen LogP contribution in [0.4, 0.5) is 4.39 Å². The Balaban J connectivity index is 1.63. The lowest BCUT2D eigenvalue weighted by molar-refractivity contribution is -0.133. The number of nitrogens with zero attached hydrogens (tertiary/aromatic N) is 2. The number of amides is 2. The molecule has 3 aromatic rings. The fourth-order valence-electron chi connectivity index (χ4n) is 3.18. The van der Waals surface area contributed by atoms with Crippen LogP contribution in [0.15, 0.2) is 60.7 Å². The van der Waals surface area contributed by atoms with Gasteiger partial charge in [0, 0.05) is 17.7 Å². The fraction of sp³-hybridized carbons (Fsp3) is 0.136. The van der Waals surface area contributed by atoms with Crippen molar-refractivity contribution in [2.45, 2.75) is 13.1 Å². The van der Waals surface area contributed by atoms with Crippen molar-refractivity contribution in [2.75, 3.05) is 6.61 Å². The number of pyridine rings is 1. The lowest BCUT2D eigenvalue weighted by Crippen LogP contribution is -2.32. The molecule has 0 atom stereocenters. The van der Waals surface area contributed by atoms with Crippen LogP contribution in [0.25, 0.3) is 11.3 Å². The third-order valence-corrected chi connectivity index (χ3v) is 4.71. The Bertz CT molecular complexity index is 1080. The third kappa shape index (κ3) is 4.08. The van der Waals surface area contributed by atoms with Gasteiger partial charge in [0.05, 0.1) is 12.2 Å². The zero-order valence-electron chi connectivity index (χ0n) is 15.5. The van der Waals surface area contributed by atoms with E-state index < -0.39 is 5.91 Å². The van der Waals surface area contributed by atoms with Crippen LogP contribution in [-0.2, 0) is 17.9 Å². The van der Waals surface area contributed by atoms with Crippen LogP contribution in [0.5, 0.6) is 5.75 Å². The summed E-state index contributed by atoms with van der Waals surface area (Å²) in [5.74, 6) is -0.477. The van der Waals surface area contributed by atoms with Crippen LogP contribution < -0.4 is 10.5 Å². The standard InChI is InChI=1S/C22H18FN3O3/c23-17-6-4-14(5-7-17)11-26-12-19-20(29-13-21(26)27)9-8-18(25-19)15-2-1-3-16(10-15)22(24)28/h1-10H,11-13H2,(H2,24,28). The number of aromatic nitrogens is 1. The molecule has 0 bridgehead atoms. The Kier molecular flexibility index (Phi) is 4.95. The molecule has 2 N–H and O–H groups in total. The van der Waals surface area contributed by atoms with Crippen molar-refractivity contribution in [3.05, 3.63) is 83.3 Å². The van der Waals surface area contributed by atoms with Crippen LogP contribution in [-0.4, -0.2) is 28.3 Å². The first-order chi connectivity index (χ1) is 14.0. The van der Waals surface area contributed by atoms with Crippen molar-refractivity contribution in [3.8, 4) is 17.0 Å². The van der Waals surface area contributed by atoms with Gasteiger partial charge in [0.1, 0.15) is 17.3 Å². The smallest absolute Gasteiger partial charge is 0.261 e. The van der Waals surface area contributed by atoms with E-state index in [9.17, 15) is 14.0 Å². The number of nitrogens with two attached hydrogens (primary N) is 1. The molecule has 29 heavy (non-hydrogen) atoms. The molecule has 1 aromatic heterocycles. The van der Waals surface area contributed by atoms with E-state index in [1.807, 2.05) is 6.07 Å². The number of rotatable bonds is 4. The van der Waals surface area contributed by atoms with E-state index in [-0.39, 0.29) is 24.9 Å². The summed E-state index contributed by atoms with van der Waals surface area (Å²) in [6.45, 7) is 0.492. The number of primary amides is 1. The average molecular weight is 391 g/mol. The Morgan fingerprint density at radius 2 is 1.93 bits per heavy atom. The van der Waals surface area contributed by atoms with Crippen molar-refractivity contribution in [3.63, 3.8) is 0 Å². The number of benzene rings is 2. The zero-order valence-corrected chi connectivity index (χ0v) is 15.5. The van der Waals surface area contributed by atoms with Gasteiger partial charge in [-0.1, -0.05) is 24.3 Å². The quantitative estimate of drug-likeness (QED) is 0.741. The van der Waals surface area contributed by atoms with Gasteiger partial charge in [-0.15, -0.1) is 0 Å². The highest BCUT2D eigenvalue weighted by Gasteiger charge is 2.23. The molecule has 1 aliphatic rings. The molecule has 0 saturated heterocycles. The SMILES string of the molecule is NC(=O)c1cccc(-c2ccc3c(n2)CN(Cc2ccc(F)cc2)C(=O)CO3)c1. The molecular weight excluding hydrogens is 373 g/mol. The maximum absolute atomic E-state index is 13.1. The number of ether oxygens (including phenoxy) is 1. The minimum Gasteiger partial charge on any atom is -0.482 e. The highest BCUT2D eigenvalue weighted by molar-refractivity contribution is 5.94. The summed E-state index contributed by atoms with van der Waals surface area (Å²) in [5, 5.41) is 0. The normalized spacial score (nSPS) is 13.4. The first kappa shape index (κ1) is 18.6. The van der Waals surface area contributed by atoms with Crippen molar-refractivity contribution in [1.82, 2.24) is 9.88 Å². The van der Waals surface area contributed by atoms with Gasteiger partial charge < -0.3 is 15.4 Å². The van der Waals surface area contributed by atoms with E-state index in [1.54, 1.807) is 47.4 Å². The maximum Gasteiger partial charge on any atom is 0.261 e. The number of halogens is 1. The molecule has 0 spiro atoms. The van der Waals surface area contributed by atoms with Crippen molar-refractivity contribution in [1.29, 1.82) is 0 Å². The highest BCUT2D eigenvalue weighted by atomic mass is 19.1. The summed E-state index contributed by atoms with van der Waals surface area (Å²) in [5.41, 5.74) is 8.56. The van der Waals surface area contributed by atoms with Gasteiger partial charge in [-0.2, -0.15) is 0 Å². The summed E-state index contributed by atoms with van der Waals surface area (Å²) in [7, 11) is 0. The van der Waals surface area contributed by atoms with Gasteiger partial charge in [0.25, 0.3) is 5.91 Å². The molecule has 0 fully saturated rings. The lowest BCUT2D eigenvalue weighted by Gasteiger charge is -2.20. The van der Waals surface area contributed by atoms with Crippen LogP contribution in [0.1, 0.15) is 21.6 Å². The molecule has 0 saturated carbocycles. The Morgan fingerprint density at radius 3 is 2.69 bits per heavy atom. The van der Waals surface area contributed by atoms with Crippen LogP contribution >= 0.6 is 0 Å². The minimum atomic E-state index is -0.513. The number of fused-ring (bicyclic) bond motifs is 1. The van der Waals surface area contributed by atoms with Crippen molar-refractivity contribution in [2.24, 2.45) is 5.73 Å². The first-order valence-electron chi connectivity index (χ1n) is 9.05. The predicted molar refractivity (Wildman–Crippen MR) is 104 cm³/mol. The Morgan fingerprint density at radius 1 is 1.14 bits per heavy atom. The summed E-state index contributed by atoms with van der Waals surface area (Å²) in [4.78, 5) is 30.2. The molecule has 4 rings (SSSR count). The van der Waals surface area contributed by atoms with Crippen LogP contribution in [0.2, 0.25) is 0 Å². The molecular formula is C22H18FN3O3. The van der Waals surface area contributed by atoms with Crippen molar-refractivity contribution >= 4 is 11.8 Å². The van der Waals surface area contributed by atoms with E-state index >= 15 is 0 Å². The number of hydrogen-bond donors (Lipinski definition) is 1. The van der Waals surface area contributed by atoms with E-state index in [2.05, 4.69) is 4.98 Å². The zero-order chi connectivity index (χ0) is 20.4.